The van der Waals surface area contributed by atoms with Crippen LogP contribution in [0.5, 0.6) is 0 Å². The van der Waals surface area contributed by atoms with Gasteiger partial charge in [-0.3, -0.25) is 9.69 Å². The van der Waals surface area contributed by atoms with Gasteiger partial charge in [0, 0.05) is 19.1 Å². The van der Waals surface area contributed by atoms with Gasteiger partial charge < -0.3 is 10.6 Å². The SMILES string of the molecule is CCN(C(=O)CN1CCC(CCN)C1)C1CC1. The maximum Gasteiger partial charge on any atom is 0.236 e. The van der Waals surface area contributed by atoms with Gasteiger partial charge in [0.25, 0.3) is 0 Å². The average molecular weight is 239 g/mol. The Bertz CT molecular complexity index is 265. The van der Waals surface area contributed by atoms with Crippen molar-refractivity contribution in [2.45, 2.75) is 38.6 Å². The van der Waals surface area contributed by atoms with Crippen molar-refractivity contribution in [2.75, 3.05) is 32.7 Å². The van der Waals surface area contributed by atoms with E-state index < -0.39 is 0 Å². The molecule has 1 aliphatic heterocycles. The number of carbonyl (C=O) groups excluding carboxylic acids is 1. The van der Waals surface area contributed by atoms with Crippen LogP contribution in [-0.2, 0) is 4.79 Å². The molecule has 0 radical (unpaired) electrons. The first-order valence-corrected chi connectivity index (χ1v) is 6.96. The van der Waals surface area contributed by atoms with E-state index in [0.29, 0.717) is 24.4 Å². The van der Waals surface area contributed by atoms with E-state index in [1.807, 2.05) is 0 Å². The summed E-state index contributed by atoms with van der Waals surface area (Å²) in [5.41, 5.74) is 5.58. The maximum atomic E-state index is 12.1. The molecular weight excluding hydrogens is 214 g/mol. The van der Waals surface area contributed by atoms with Crippen LogP contribution in [0.25, 0.3) is 0 Å². The van der Waals surface area contributed by atoms with Crippen molar-refractivity contribution in [1.29, 1.82) is 0 Å². The van der Waals surface area contributed by atoms with Gasteiger partial charge in [-0.2, -0.15) is 0 Å². The van der Waals surface area contributed by atoms with E-state index in [-0.39, 0.29) is 0 Å². The minimum absolute atomic E-state index is 0.323. The van der Waals surface area contributed by atoms with Gasteiger partial charge in [-0.25, -0.2) is 0 Å². The fourth-order valence-electron chi connectivity index (χ4n) is 2.83. The second kappa shape index (κ2) is 5.83. The topological polar surface area (TPSA) is 49.6 Å². The summed E-state index contributed by atoms with van der Waals surface area (Å²) in [7, 11) is 0. The van der Waals surface area contributed by atoms with Crippen molar-refractivity contribution >= 4 is 5.91 Å². The lowest BCUT2D eigenvalue weighted by Crippen LogP contribution is -2.40. The highest BCUT2D eigenvalue weighted by atomic mass is 16.2. The number of carbonyl (C=O) groups is 1. The number of likely N-dealkylation sites (N-methyl/N-ethyl adjacent to an activating group) is 1. The molecule has 1 saturated heterocycles. The van der Waals surface area contributed by atoms with Crippen LogP contribution < -0.4 is 5.73 Å². The number of nitrogens with two attached hydrogens (primary N) is 1. The van der Waals surface area contributed by atoms with Crippen molar-refractivity contribution in [3.05, 3.63) is 0 Å². The van der Waals surface area contributed by atoms with Crippen molar-refractivity contribution < 1.29 is 4.79 Å². The van der Waals surface area contributed by atoms with Crippen LogP contribution in [0.4, 0.5) is 0 Å². The molecule has 1 saturated carbocycles. The monoisotopic (exact) mass is 239 g/mol. The van der Waals surface area contributed by atoms with Gasteiger partial charge in [-0.05, 0) is 51.6 Å². The first-order chi connectivity index (χ1) is 8.24. The molecular formula is C13H25N3O. The molecule has 1 heterocycles. The first-order valence-electron chi connectivity index (χ1n) is 6.96. The van der Waals surface area contributed by atoms with Gasteiger partial charge >= 0.3 is 0 Å². The molecule has 0 spiro atoms. The minimum Gasteiger partial charge on any atom is -0.339 e. The average Bonchev–Trinajstić information content (AvgIpc) is 3.03. The third kappa shape index (κ3) is 3.42. The Morgan fingerprint density at radius 2 is 2.18 bits per heavy atom. The second-order valence-corrected chi connectivity index (χ2v) is 5.38. The van der Waals surface area contributed by atoms with E-state index >= 15 is 0 Å². The zero-order valence-corrected chi connectivity index (χ0v) is 10.9. The van der Waals surface area contributed by atoms with E-state index in [1.165, 1.54) is 19.3 Å². The fourth-order valence-corrected chi connectivity index (χ4v) is 2.83. The van der Waals surface area contributed by atoms with E-state index in [0.717, 1.165) is 32.6 Å². The highest BCUT2D eigenvalue weighted by molar-refractivity contribution is 5.79. The van der Waals surface area contributed by atoms with Crippen LogP contribution in [0, 0.1) is 5.92 Å². The summed E-state index contributed by atoms with van der Waals surface area (Å²) in [6, 6.07) is 0.551. The van der Waals surface area contributed by atoms with Crippen LogP contribution in [0.2, 0.25) is 0 Å². The molecule has 1 amide bonds. The van der Waals surface area contributed by atoms with Crippen LogP contribution in [-0.4, -0.2) is 54.5 Å². The van der Waals surface area contributed by atoms with E-state index in [1.54, 1.807) is 0 Å². The van der Waals surface area contributed by atoms with Gasteiger partial charge in [-0.15, -0.1) is 0 Å². The van der Waals surface area contributed by atoms with Crippen LogP contribution in [0.3, 0.4) is 0 Å². The summed E-state index contributed by atoms with van der Waals surface area (Å²) < 4.78 is 0. The molecule has 98 valence electrons. The van der Waals surface area contributed by atoms with Crippen LogP contribution >= 0.6 is 0 Å². The van der Waals surface area contributed by atoms with Crippen molar-refractivity contribution in [3.8, 4) is 0 Å². The molecule has 0 bridgehead atoms. The summed E-state index contributed by atoms with van der Waals surface area (Å²) in [5.74, 6) is 1.03. The lowest BCUT2D eigenvalue weighted by Gasteiger charge is -2.24. The first kappa shape index (κ1) is 12.8. The Labute approximate surface area is 104 Å². The molecule has 1 atom stereocenters. The summed E-state index contributed by atoms with van der Waals surface area (Å²) in [5, 5.41) is 0. The number of hydrogen-bond acceptors (Lipinski definition) is 3. The number of nitrogens with zero attached hydrogens (tertiary/aromatic N) is 2. The normalized spacial score (nSPS) is 25.2. The van der Waals surface area contributed by atoms with E-state index in [2.05, 4.69) is 16.7 Å². The largest absolute Gasteiger partial charge is 0.339 e. The fraction of sp³-hybridized carbons (Fsp3) is 0.923. The van der Waals surface area contributed by atoms with Gasteiger partial charge in [0.05, 0.1) is 6.54 Å². The molecule has 0 aromatic heterocycles. The third-order valence-corrected chi connectivity index (χ3v) is 3.95. The van der Waals surface area contributed by atoms with Crippen molar-refractivity contribution in [1.82, 2.24) is 9.80 Å². The number of amides is 1. The van der Waals surface area contributed by atoms with Gasteiger partial charge in [-0.1, -0.05) is 0 Å². The van der Waals surface area contributed by atoms with Gasteiger partial charge in [0.1, 0.15) is 0 Å². The molecule has 1 aliphatic carbocycles. The highest BCUT2D eigenvalue weighted by Crippen LogP contribution is 2.27. The lowest BCUT2D eigenvalue weighted by molar-refractivity contribution is -0.132. The molecule has 4 nitrogen and oxygen atoms in total. The molecule has 17 heavy (non-hydrogen) atoms. The molecule has 2 N–H and O–H groups in total. The highest BCUT2D eigenvalue weighted by Gasteiger charge is 2.32. The Hall–Kier alpha value is -0.610. The third-order valence-electron chi connectivity index (χ3n) is 3.95. The minimum atomic E-state index is 0.323. The van der Waals surface area contributed by atoms with Crippen molar-refractivity contribution in [3.63, 3.8) is 0 Å². The molecule has 2 fully saturated rings. The summed E-state index contributed by atoms with van der Waals surface area (Å²) in [6.07, 6.45) is 4.72. The smallest absolute Gasteiger partial charge is 0.236 e. The quantitative estimate of drug-likeness (QED) is 0.741. The molecule has 4 heteroatoms. The second-order valence-electron chi connectivity index (χ2n) is 5.38. The van der Waals surface area contributed by atoms with Gasteiger partial charge in [0.2, 0.25) is 5.91 Å². The Morgan fingerprint density at radius 3 is 2.76 bits per heavy atom. The lowest BCUT2D eigenvalue weighted by atomic mass is 10.1. The molecule has 2 rings (SSSR count). The zero-order valence-electron chi connectivity index (χ0n) is 10.9. The van der Waals surface area contributed by atoms with Crippen molar-refractivity contribution in [2.24, 2.45) is 11.7 Å². The summed E-state index contributed by atoms with van der Waals surface area (Å²) in [4.78, 5) is 16.5. The molecule has 0 aromatic rings. The van der Waals surface area contributed by atoms with Crippen LogP contribution in [0.15, 0.2) is 0 Å². The molecule has 2 aliphatic rings. The Balaban J connectivity index is 1.75. The number of hydrogen-bond donors (Lipinski definition) is 1. The maximum absolute atomic E-state index is 12.1. The molecule has 1 unspecified atom stereocenters. The standard InChI is InChI=1S/C13H25N3O/c1-2-16(12-3-4-12)13(17)10-15-8-6-11(9-15)5-7-14/h11-12H,2-10,14H2,1H3. The van der Waals surface area contributed by atoms with Gasteiger partial charge in [0.15, 0.2) is 0 Å². The predicted molar refractivity (Wildman–Crippen MR) is 68.6 cm³/mol. The zero-order chi connectivity index (χ0) is 12.3. The summed E-state index contributed by atoms with van der Waals surface area (Å²) >= 11 is 0. The predicted octanol–water partition coefficient (Wildman–Crippen LogP) is 0.668. The number of rotatable bonds is 6. The Morgan fingerprint density at radius 1 is 1.41 bits per heavy atom. The molecule has 0 aromatic carbocycles. The number of likely N-dealkylation sites (tertiary alicyclic amines) is 1. The van der Waals surface area contributed by atoms with E-state index in [4.69, 9.17) is 5.73 Å². The van der Waals surface area contributed by atoms with Crippen LogP contribution in [0.1, 0.15) is 32.6 Å². The van der Waals surface area contributed by atoms with E-state index in [9.17, 15) is 4.79 Å². The Kier molecular flexibility index (Phi) is 4.40. The summed E-state index contributed by atoms with van der Waals surface area (Å²) in [6.45, 7) is 6.46.